The van der Waals surface area contributed by atoms with Crippen molar-refractivity contribution in [3.63, 3.8) is 0 Å². The van der Waals surface area contributed by atoms with Crippen LogP contribution in [0.25, 0.3) is 0 Å². The number of rotatable bonds is 6. The maximum atomic E-state index is 11.8. The van der Waals surface area contributed by atoms with E-state index in [-0.39, 0.29) is 12.5 Å². The second-order valence-corrected chi connectivity index (χ2v) is 4.64. The van der Waals surface area contributed by atoms with Gasteiger partial charge >= 0.3 is 0 Å². The monoisotopic (exact) mass is 277 g/mol. The highest BCUT2D eigenvalue weighted by Crippen LogP contribution is 2.21. The van der Waals surface area contributed by atoms with Crippen molar-refractivity contribution in [2.45, 2.75) is 38.6 Å². The van der Waals surface area contributed by atoms with Crippen LogP contribution in [0.2, 0.25) is 0 Å². The number of hydrogen-bond donors (Lipinski definition) is 0. The predicted octanol–water partition coefficient (Wildman–Crippen LogP) is 2.19. The number of alkyl halides is 1. The highest BCUT2D eigenvalue weighted by molar-refractivity contribution is 9.09. The van der Waals surface area contributed by atoms with Crippen LogP contribution in [-0.2, 0) is 9.53 Å². The molecule has 0 radical (unpaired) electrons. The third-order valence-corrected chi connectivity index (χ3v) is 3.36. The van der Waals surface area contributed by atoms with E-state index in [0.717, 1.165) is 37.6 Å². The molecule has 1 saturated heterocycles. The van der Waals surface area contributed by atoms with Gasteiger partial charge in [-0.15, -0.1) is 0 Å². The van der Waals surface area contributed by atoms with E-state index in [1.807, 2.05) is 11.8 Å². The quantitative estimate of drug-likeness (QED) is 0.697. The molecule has 0 aromatic rings. The lowest BCUT2D eigenvalue weighted by atomic mass is 10.1. The summed E-state index contributed by atoms with van der Waals surface area (Å²) in [6, 6.07) is 0.454. The molecule has 0 aromatic heterocycles. The smallest absolute Gasteiger partial charge is 0.248 e. The van der Waals surface area contributed by atoms with Crippen molar-refractivity contribution in [3.05, 3.63) is 0 Å². The molecular weight excluding hydrogens is 258 g/mol. The molecule has 3 nitrogen and oxygen atoms in total. The molecule has 1 amide bonds. The lowest BCUT2D eigenvalue weighted by Gasteiger charge is -2.24. The molecule has 1 rings (SSSR count). The number of hydrogen-bond acceptors (Lipinski definition) is 2. The number of carbonyl (C=O) groups excluding carboxylic acids is 1. The summed E-state index contributed by atoms with van der Waals surface area (Å²) in [6.45, 7) is 3.70. The van der Waals surface area contributed by atoms with Gasteiger partial charge in [0.2, 0.25) is 5.91 Å². The molecule has 88 valence electrons. The molecule has 0 bridgehead atoms. The summed E-state index contributed by atoms with van der Waals surface area (Å²) in [5.74, 6) is 0.161. The molecule has 0 spiro atoms. The molecule has 1 fully saturated rings. The van der Waals surface area contributed by atoms with Crippen molar-refractivity contribution in [2.24, 2.45) is 0 Å². The Morgan fingerprint density at radius 1 is 1.60 bits per heavy atom. The van der Waals surface area contributed by atoms with Crippen LogP contribution in [0.1, 0.15) is 32.6 Å². The van der Waals surface area contributed by atoms with Crippen LogP contribution < -0.4 is 0 Å². The third kappa shape index (κ3) is 4.11. The Morgan fingerprint density at radius 2 is 2.40 bits per heavy atom. The first-order chi connectivity index (χ1) is 7.29. The van der Waals surface area contributed by atoms with Crippen LogP contribution in [-0.4, -0.2) is 41.9 Å². The van der Waals surface area contributed by atoms with E-state index in [0.29, 0.717) is 12.6 Å². The minimum Gasteiger partial charge on any atom is -0.372 e. The number of carbonyl (C=O) groups is 1. The average Bonchev–Trinajstić information content (AvgIpc) is 2.71. The van der Waals surface area contributed by atoms with Crippen molar-refractivity contribution in [2.75, 3.05) is 25.1 Å². The molecule has 1 aliphatic rings. The summed E-state index contributed by atoms with van der Waals surface area (Å²) < 4.78 is 5.16. The van der Waals surface area contributed by atoms with Crippen molar-refractivity contribution < 1.29 is 9.53 Å². The molecule has 0 aliphatic carbocycles. The summed E-state index contributed by atoms with van der Waals surface area (Å²) in [6.07, 6.45) is 4.56. The van der Waals surface area contributed by atoms with E-state index >= 15 is 0 Å². The zero-order valence-electron chi connectivity index (χ0n) is 9.38. The molecule has 0 N–H and O–H groups in total. The van der Waals surface area contributed by atoms with Crippen LogP contribution in [0.5, 0.6) is 0 Å². The van der Waals surface area contributed by atoms with Crippen molar-refractivity contribution in [1.82, 2.24) is 4.90 Å². The van der Waals surface area contributed by atoms with Crippen LogP contribution in [0, 0.1) is 0 Å². The molecule has 1 aliphatic heterocycles. The number of halogens is 1. The fraction of sp³-hybridized carbons (Fsp3) is 0.909. The second-order valence-electron chi connectivity index (χ2n) is 3.85. The predicted molar refractivity (Wildman–Crippen MR) is 64.3 cm³/mol. The van der Waals surface area contributed by atoms with Gasteiger partial charge in [0, 0.05) is 24.5 Å². The molecule has 0 aromatic carbocycles. The topological polar surface area (TPSA) is 29.5 Å². The van der Waals surface area contributed by atoms with Crippen molar-refractivity contribution in [3.8, 4) is 0 Å². The van der Waals surface area contributed by atoms with E-state index < -0.39 is 0 Å². The summed E-state index contributed by atoms with van der Waals surface area (Å²) in [7, 11) is 0. The molecule has 1 heterocycles. The van der Waals surface area contributed by atoms with E-state index in [4.69, 9.17) is 4.74 Å². The minimum absolute atomic E-state index is 0.161. The van der Waals surface area contributed by atoms with Gasteiger partial charge in [-0.3, -0.25) is 4.79 Å². The molecule has 1 atom stereocenters. The Bertz CT molecular complexity index is 199. The second kappa shape index (κ2) is 7.23. The van der Waals surface area contributed by atoms with E-state index in [1.165, 1.54) is 0 Å². The van der Waals surface area contributed by atoms with Crippen molar-refractivity contribution >= 4 is 21.8 Å². The average molecular weight is 278 g/mol. The number of amides is 1. The molecule has 0 saturated carbocycles. The van der Waals surface area contributed by atoms with Crippen LogP contribution in [0.3, 0.4) is 0 Å². The fourth-order valence-corrected chi connectivity index (χ4v) is 2.37. The molecule has 1 unspecified atom stereocenters. The van der Waals surface area contributed by atoms with Gasteiger partial charge < -0.3 is 9.64 Å². The van der Waals surface area contributed by atoms with Crippen LogP contribution in [0.4, 0.5) is 0 Å². The van der Waals surface area contributed by atoms with E-state index in [2.05, 4.69) is 15.9 Å². The number of nitrogens with zero attached hydrogens (tertiary/aromatic N) is 1. The summed E-state index contributed by atoms with van der Waals surface area (Å²) in [4.78, 5) is 13.8. The molecule has 15 heavy (non-hydrogen) atoms. The van der Waals surface area contributed by atoms with Gasteiger partial charge in [-0.05, 0) is 32.6 Å². The first-order valence-corrected chi connectivity index (χ1v) is 6.85. The first kappa shape index (κ1) is 13.0. The van der Waals surface area contributed by atoms with Gasteiger partial charge in [0.05, 0.1) is 0 Å². The van der Waals surface area contributed by atoms with E-state index in [1.54, 1.807) is 0 Å². The Hall–Kier alpha value is -0.0900. The largest absolute Gasteiger partial charge is 0.372 e. The third-order valence-electron chi connectivity index (χ3n) is 2.80. The zero-order valence-corrected chi connectivity index (χ0v) is 11.0. The van der Waals surface area contributed by atoms with Gasteiger partial charge in [-0.2, -0.15) is 0 Å². The molecule has 4 heteroatoms. The maximum Gasteiger partial charge on any atom is 0.248 e. The van der Waals surface area contributed by atoms with Crippen LogP contribution in [0.15, 0.2) is 0 Å². The Morgan fingerprint density at radius 3 is 3.07 bits per heavy atom. The normalized spacial score (nSPS) is 20.9. The summed E-state index contributed by atoms with van der Waals surface area (Å²) >= 11 is 3.43. The van der Waals surface area contributed by atoms with Crippen molar-refractivity contribution in [1.29, 1.82) is 0 Å². The standard InChI is InChI=1S/C11H20BrNO2/c1-2-15-9-11(14)13-8-4-6-10(13)5-3-7-12/h10H,2-9H2,1H3. The van der Waals surface area contributed by atoms with Gasteiger partial charge in [0.15, 0.2) is 0 Å². The highest BCUT2D eigenvalue weighted by Gasteiger charge is 2.27. The van der Waals surface area contributed by atoms with E-state index in [9.17, 15) is 4.79 Å². The summed E-state index contributed by atoms with van der Waals surface area (Å²) in [5.41, 5.74) is 0. The van der Waals surface area contributed by atoms with Crippen LogP contribution >= 0.6 is 15.9 Å². The minimum atomic E-state index is 0.161. The highest BCUT2D eigenvalue weighted by atomic mass is 79.9. The van der Waals surface area contributed by atoms with Gasteiger partial charge in [-0.25, -0.2) is 0 Å². The first-order valence-electron chi connectivity index (χ1n) is 5.72. The maximum absolute atomic E-state index is 11.8. The number of ether oxygens (including phenoxy) is 1. The fourth-order valence-electron chi connectivity index (χ4n) is 2.05. The van der Waals surface area contributed by atoms with Gasteiger partial charge in [0.1, 0.15) is 6.61 Å². The summed E-state index contributed by atoms with van der Waals surface area (Å²) in [5, 5.41) is 1.02. The lowest BCUT2D eigenvalue weighted by molar-refractivity contribution is -0.136. The van der Waals surface area contributed by atoms with Gasteiger partial charge in [0.25, 0.3) is 0 Å². The Balaban J connectivity index is 2.34. The van der Waals surface area contributed by atoms with Gasteiger partial charge in [-0.1, -0.05) is 15.9 Å². The lowest BCUT2D eigenvalue weighted by Crippen LogP contribution is -2.38. The number of likely N-dealkylation sites (tertiary alicyclic amines) is 1. The molecular formula is C11H20BrNO2. The SMILES string of the molecule is CCOCC(=O)N1CCCC1CCCBr. The Labute approximate surface area is 100 Å². The zero-order chi connectivity index (χ0) is 11.1. The Kier molecular flexibility index (Phi) is 6.25.